The van der Waals surface area contributed by atoms with Crippen molar-refractivity contribution < 1.29 is 6.85 Å². The van der Waals surface area contributed by atoms with E-state index in [1.54, 1.807) is 11.3 Å². The maximum Gasteiger partial charge on any atom is 0.165 e. The summed E-state index contributed by atoms with van der Waals surface area (Å²) in [6, 6.07) is 30.9. The Kier molecular flexibility index (Phi) is 3.60. The second-order valence-electron chi connectivity index (χ2n) is 9.87. The van der Waals surface area contributed by atoms with Crippen LogP contribution in [-0.2, 0) is 0 Å². The third kappa shape index (κ3) is 3.05. The molecule has 0 spiro atoms. The Balaban J connectivity index is 1.46. The summed E-state index contributed by atoms with van der Waals surface area (Å²) in [7, 11) is 0. The van der Waals surface area contributed by atoms with Crippen molar-refractivity contribution in [3.8, 4) is 17.1 Å². The predicted molar refractivity (Wildman–Crippen MR) is 170 cm³/mol. The lowest BCUT2D eigenvalue weighted by Gasteiger charge is -2.13. The number of hydrogen-bond acceptors (Lipinski definition) is 3. The summed E-state index contributed by atoms with van der Waals surface area (Å²) in [5, 5.41) is 6.77. The Labute approximate surface area is 240 Å². The molecule has 0 unspecified atom stereocenters. The molecule has 0 amide bonds. The van der Waals surface area contributed by atoms with E-state index in [4.69, 9.17) is 16.8 Å². The van der Waals surface area contributed by atoms with E-state index in [9.17, 15) is 0 Å². The van der Waals surface area contributed by atoms with Crippen molar-refractivity contribution in [3.05, 3.63) is 127 Å². The number of fused-ring (bicyclic) bond motifs is 9. The maximum absolute atomic E-state index is 8.82. The van der Waals surface area contributed by atoms with Crippen LogP contribution in [0.2, 0.25) is 0 Å². The summed E-state index contributed by atoms with van der Waals surface area (Å²) in [4.78, 5) is 10.0. The Morgan fingerprint density at radius 1 is 0.600 bits per heavy atom. The minimum Gasteiger partial charge on any atom is -0.292 e. The molecule has 3 aromatic heterocycles. The fourth-order valence-electron chi connectivity index (χ4n) is 5.88. The average molecular weight is 533 g/mol. The molecule has 6 aromatic carbocycles. The van der Waals surface area contributed by atoms with Crippen LogP contribution in [0.1, 0.15) is 6.85 Å². The second-order valence-corrected chi connectivity index (χ2v) is 10.9. The maximum atomic E-state index is 8.82. The number of aromatic nitrogens is 3. The summed E-state index contributed by atoms with van der Waals surface area (Å²) < 4.78 is 47.1. The quantitative estimate of drug-likeness (QED) is 0.222. The summed E-state index contributed by atoms with van der Waals surface area (Å²) in [5.74, 6) is 0.405. The molecule has 0 bridgehead atoms. The van der Waals surface area contributed by atoms with E-state index >= 15 is 0 Å². The zero-order valence-corrected chi connectivity index (χ0v) is 21.8. The fourth-order valence-corrected chi connectivity index (χ4v) is 7.14. The molecular formula is C36H21N3S. The third-order valence-electron chi connectivity index (χ3n) is 7.66. The SMILES string of the molecule is [2H]c1c([2H])c([2H])c(-c2nc3ccccc3nc2-n2c3ccccc3c3cc4sc5c6ccccc6ccc5c4cc32)c([2H])c1[2H]. The largest absolute Gasteiger partial charge is 0.292 e. The van der Waals surface area contributed by atoms with E-state index in [0.29, 0.717) is 16.9 Å². The van der Waals surface area contributed by atoms with Crippen LogP contribution in [0.5, 0.6) is 0 Å². The van der Waals surface area contributed by atoms with Gasteiger partial charge in [0.25, 0.3) is 0 Å². The highest BCUT2D eigenvalue weighted by molar-refractivity contribution is 7.26. The molecular weight excluding hydrogens is 506 g/mol. The van der Waals surface area contributed by atoms with Gasteiger partial charge in [0, 0.05) is 36.5 Å². The van der Waals surface area contributed by atoms with Gasteiger partial charge in [-0.25, -0.2) is 9.97 Å². The molecule has 4 heteroatoms. The van der Waals surface area contributed by atoms with Crippen molar-refractivity contribution in [2.24, 2.45) is 0 Å². The van der Waals surface area contributed by atoms with Crippen molar-refractivity contribution in [3.63, 3.8) is 0 Å². The van der Waals surface area contributed by atoms with Crippen LogP contribution >= 0.6 is 11.3 Å². The van der Waals surface area contributed by atoms with E-state index in [-0.39, 0.29) is 23.3 Å². The van der Waals surface area contributed by atoms with Crippen LogP contribution in [0, 0.1) is 0 Å². The van der Waals surface area contributed by atoms with Gasteiger partial charge in [0.05, 0.1) is 28.9 Å². The predicted octanol–water partition coefficient (Wildman–Crippen LogP) is 9.91. The van der Waals surface area contributed by atoms with Gasteiger partial charge in [-0.3, -0.25) is 4.57 Å². The smallest absolute Gasteiger partial charge is 0.165 e. The third-order valence-corrected chi connectivity index (χ3v) is 8.86. The van der Waals surface area contributed by atoms with Gasteiger partial charge in [0.1, 0.15) is 5.69 Å². The first-order valence-electron chi connectivity index (χ1n) is 15.5. The standard InChI is InChI=1S/C36H21N3S/c1-2-11-23(12-3-1)34-36(38-30-16-8-7-15-29(30)37-34)39-31-17-9-6-14-25(31)27-21-33-28(20-32(27)39)26-19-18-22-10-4-5-13-24(22)35(26)40-33/h1-21H/i1D,2D,3D,11D,12D. The minimum absolute atomic E-state index is 0.0220. The topological polar surface area (TPSA) is 30.7 Å². The summed E-state index contributed by atoms with van der Waals surface area (Å²) >= 11 is 1.78. The van der Waals surface area contributed by atoms with E-state index in [0.717, 1.165) is 27.2 Å². The average Bonchev–Trinajstić information content (AvgIpc) is 3.60. The Hall–Kier alpha value is -5.06. The van der Waals surface area contributed by atoms with Crippen LogP contribution < -0.4 is 0 Å². The van der Waals surface area contributed by atoms with Gasteiger partial charge >= 0.3 is 0 Å². The molecule has 0 saturated heterocycles. The lowest BCUT2D eigenvalue weighted by atomic mass is 10.0. The van der Waals surface area contributed by atoms with Crippen molar-refractivity contribution in [2.75, 3.05) is 0 Å². The van der Waals surface area contributed by atoms with Crippen molar-refractivity contribution in [1.82, 2.24) is 14.5 Å². The number of para-hydroxylation sites is 3. The number of rotatable bonds is 2. The fraction of sp³-hybridized carbons (Fsp3) is 0. The van der Waals surface area contributed by atoms with Crippen LogP contribution in [0.25, 0.3) is 80.9 Å². The molecule has 0 aliphatic rings. The normalized spacial score (nSPS) is 13.8. The molecule has 9 aromatic rings. The van der Waals surface area contributed by atoms with Crippen LogP contribution in [-0.4, -0.2) is 14.5 Å². The van der Waals surface area contributed by atoms with Gasteiger partial charge < -0.3 is 0 Å². The molecule has 0 saturated carbocycles. The molecule has 9 rings (SSSR count). The highest BCUT2D eigenvalue weighted by Crippen LogP contribution is 2.43. The van der Waals surface area contributed by atoms with Crippen LogP contribution in [0.3, 0.4) is 0 Å². The number of nitrogens with zero attached hydrogens (tertiary/aromatic N) is 3. The lowest BCUT2D eigenvalue weighted by molar-refractivity contribution is 1.08. The van der Waals surface area contributed by atoms with Crippen molar-refractivity contribution >= 4 is 75.1 Å². The summed E-state index contributed by atoms with van der Waals surface area (Å²) in [6.45, 7) is 0. The number of thiophene rings is 1. The van der Waals surface area contributed by atoms with Gasteiger partial charge in [0.2, 0.25) is 0 Å². The molecule has 40 heavy (non-hydrogen) atoms. The Morgan fingerprint density at radius 2 is 1.35 bits per heavy atom. The molecule has 0 aliphatic heterocycles. The van der Waals surface area contributed by atoms with Crippen molar-refractivity contribution in [2.45, 2.75) is 0 Å². The molecule has 0 fully saturated rings. The highest BCUT2D eigenvalue weighted by atomic mass is 32.1. The van der Waals surface area contributed by atoms with E-state index in [1.165, 1.54) is 25.6 Å². The van der Waals surface area contributed by atoms with E-state index in [2.05, 4.69) is 54.6 Å². The zero-order chi connectivity index (χ0) is 30.6. The molecule has 0 atom stereocenters. The van der Waals surface area contributed by atoms with Gasteiger partial charge in [-0.05, 0) is 41.1 Å². The first-order valence-corrected chi connectivity index (χ1v) is 13.8. The Bertz CT molecular complexity index is 2700. The van der Waals surface area contributed by atoms with E-state index in [1.807, 2.05) is 47.0 Å². The lowest BCUT2D eigenvalue weighted by Crippen LogP contribution is -2.03. The van der Waals surface area contributed by atoms with E-state index < -0.39 is 18.1 Å². The zero-order valence-electron chi connectivity index (χ0n) is 26.0. The van der Waals surface area contributed by atoms with Crippen LogP contribution in [0.4, 0.5) is 0 Å². The highest BCUT2D eigenvalue weighted by Gasteiger charge is 2.20. The molecule has 3 nitrogen and oxygen atoms in total. The molecule has 0 N–H and O–H groups in total. The molecule has 3 heterocycles. The van der Waals surface area contributed by atoms with Gasteiger partial charge in [-0.15, -0.1) is 11.3 Å². The summed E-state index contributed by atoms with van der Waals surface area (Å²) in [6.07, 6.45) is 0. The monoisotopic (exact) mass is 532 g/mol. The van der Waals surface area contributed by atoms with Crippen LogP contribution in [0.15, 0.2) is 127 Å². The first-order chi connectivity index (χ1) is 21.9. The first kappa shape index (κ1) is 17.5. The Morgan fingerprint density at radius 3 is 2.23 bits per heavy atom. The molecule has 186 valence electrons. The van der Waals surface area contributed by atoms with Crippen molar-refractivity contribution in [1.29, 1.82) is 0 Å². The van der Waals surface area contributed by atoms with Gasteiger partial charge in [0.15, 0.2) is 5.82 Å². The van der Waals surface area contributed by atoms with Gasteiger partial charge in [-0.1, -0.05) is 96.9 Å². The minimum atomic E-state index is -0.444. The second kappa shape index (κ2) is 8.22. The number of benzene rings is 6. The number of hydrogen-bond donors (Lipinski definition) is 0. The molecule has 0 aliphatic carbocycles. The van der Waals surface area contributed by atoms with Gasteiger partial charge in [-0.2, -0.15) is 0 Å². The summed E-state index contributed by atoms with van der Waals surface area (Å²) in [5.41, 5.74) is 3.25. The molecule has 0 radical (unpaired) electrons.